The zero-order valence-electron chi connectivity index (χ0n) is 25.9. The summed E-state index contributed by atoms with van der Waals surface area (Å²) in [6.07, 6.45) is 2.53. The van der Waals surface area contributed by atoms with Gasteiger partial charge in [0.2, 0.25) is 5.91 Å². The molecule has 1 saturated heterocycles. The van der Waals surface area contributed by atoms with Crippen LogP contribution in [0.1, 0.15) is 34.6 Å². The number of rotatable bonds is 13. The van der Waals surface area contributed by atoms with E-state index in [1.54, 1.807) is 7.11 Å². The highest BCUT2D eigenvalue weighted by atomic mass is 16.5. The number of nitrogens with one attached hydrogen (secondary N) is 1. The highest BCUT2D eigenvalue weighted by molar-refractivity contribution is 5.87. The van der Waals surface area contributed by atoms with Crippen molar-refractivity contribution in [3.8, 4) is 11.5 Å². The molecule has 1 aromatic heterocycles. The van der Waals surface area contributed by atoms with Crippen LogP contribution in [-0.2, 0) is 22.7 Å². The molecule has 6 rings (SSSR count). The molecule has 7 heteroatoms. The Kier molecular flexibility index (Phi) is 10.1. The first kappa shape index (κ1) is 30.4. The van der Waals surface area contributed by atoms with E-state index in [4.69, 9.17) is 14.2 Å². The Morgan fingerprint density at radius 2 is 1.58 bits per heavy atom. The van der Waals surface area contributed by atoms with Crippen LogP contribution in [0.2, 0.25) is 0 Å². The third-order valence-corrected chi connectivity index (χ3v) is 8.46. The van der Waals surface area contributed by atoms with Crippen LogP contribution in [0.3, 0.4) is 0 Å². The molecule has 0 aliphatic carbocycles. The van der Waals surface area contributed by atoms with Crippen LogP contribution in [0.5, 0.6) is 11.5 Å². The molecule has 1 aliphatic heterocycles. The fourth-order valence-corrected chi connectivity index (χ4v) is 6.06. The molecule has 7 nitrogen and oxygen atoms in total. The van der Waals surface area contributed by atoms with Crippen LogP contribution in [0.15, 0.2) is 109 Å². The number of amides is 1. The quantitative estimate of drug-likeness (QED) is 0.172. The Balaban J connectivity index is 1.30. The van der Waals surface area contributed by atoms with Gasteiger partial charge in [-0.25, -0.2) is 0 Å². The average Bonchev–Trinajstić information content (AvgIpc) is 3.45. The molecule has 0 unspecified atom stereocenters. The fourth-order valence-electron chi connectivity index (χ4n) is 6.06. The van der Waals surface area contributed by atoms with E-state index < -0.39 is 0 Å². The van der Waals surface area contributed by atoms with Gasteiger partial charge in [-0.2, -0.15) is 0 Å². The molecule has 1 amide bonds. The Hall–Kier alpha value is -4.59. The molecule has 0 radical (unpaired) electrons. The number of methoxy groups -OCH3 is 1. The number of aromatic nitrogens is 1. The topological polar surface area (TPSA) is 65.0 Å². The van der Waals surface area contributed by atoms with Gasteiger partial charge in [-0.05, 0) is 40.5 Å². The second-order valence-electron chi connectivity index (χ2n) is 11.5. The second kappa shape index (κ2) is 14.9. The minimum absolute atomic E-state index is 0.0246. The predicted molar refractivity (Wildman–Crippen MR) is 178 cm³/mol. The van der Waals surface area contributed by atoms with Crippen LogP contribution in [0, 0.1) is 0 Å². The van der Waals surface area contributed by atoms with Crippen LogP contribution in [-0.4, -0.2) is 61.9 Å². The van der Waals surface area contributed by atoms with Gasteiger partial charge in [0.15, 0.2) is 11.5 Å². The first-order chi connectivity index (χ1) is 22.2. The number of nitrogens with zero attached hydrogens (tertiary/aromatic N) is 2. The first-order valence-electron chi connectivity index (χ1n) is 15.7. The van der Waals surface area contributed by atoms with Crippen LogP contribution in [0.4, 0.5) is 0 Å². The lowest BCUT2D eigenvalue weighted by molar-refractivity contribution is -0.121. The van der Waals surface area contributed by atoms with Gasteiger partial charge >= 0.3 is 0 Å². The molecule has 5 aromatic rings. The number of hydrogen-bond acceptors (Lipinski definition) is 5. The Labute approximate surface area is 265 Å². The van der Waals surface area contributed by atoms with E-state index in [-0.39, 0.29) is 11.8 Å². The van der Waals surface area contributed by atoms with Gasteiger partial charge in [0, 0.05) is 62.2 Å². The molecule has 1 atom stereocenters. The summed E-state index contributed by atoms with van der Waals surface area (Å²) < 4.78 is 19.7. The summed E-state index contributed by atoms with van der Waals surface area (Å²) in [6, 6.07) is 35.1. The molecule has 0 spiro atoms. The molecule has 1 fully saturated rings. The summed E-state index contributed by atoms with van der Waals surface area (Å²) in [5.41, 5.74) is 5.57. The number of carbonyl (C=O) groups excluding carboxylic acids is 1. The number of benzene rings is 4. The number of hydrogen-bond donors (Lipinski definition) is 1. The number of fused-ring (bicyclic) bond motifs is 1. The summed E-state index contributed by atoms with van der Waals surface area (Å²) >= 11 is 0. The molecule has 1 aliphatic rings. The van der Waals surface area contributed by atoms with Gasteiger partial charge in [0.05, 0.1) is 20.3 Å². The second-order valence-corrected chi connectivity index (χ2v) is 11.5. The molecule has 4 aromatic carbocycles. The van der Waals surface area contributed by atoms with E-state index >= 15 is 0 Å². The van der Waals surface area contributed by atoms with E-state index in [0.717, 1.165) is 67.0 Å². The maximum Gasteiger partial charge on any atom is 0.220 e. The van der Waals surface area contributed by atoms with Crippen molar-refractivity contribution < 1.29 is 19.0 Å². The van der Waals surface area contributed by atoms with Crippen molar-refractivity contribution >= 4 is 16.8 Å². The summed E-state index contributed by atoms with van der Waals surface area (Å²) in [4.78, 5) is 15.9. The summed E-state index contributed by atoms with van der Waals surface area (Å²) in [5.74, 6) is 1.16. The fraction of sp³-hybridized carbons (Fsp3) is 0.289. The average molecular weight is 604 g/mol. The van der Waals surface area contributed by atoms with Crippen LogP contribution in [0.25, 0.3) is 10.9 Å². The van der Waals surface area contributed by atoms with Crippen LogP contribution < -0.4 is 14.8 Å². The third kappa shape index (κ3) is 7.74. The van der Waals surface area contributed by atoms with E-state index in [2.05, 4.69) is 75.6 Å². The normalized spacial score (nSPS) is 14.2. The lowest BCUT2D eigenvalue weighted by Crippen LogP contribution is -2.41. The Bertz CT molecular complexity index is 1680. The van der Waals surface area contributed by atoms with Crippen molar-refractivity contribution in [2.45, 2.75) is 25.5 Å². The lowest BCUT2D eigenvalue weighted by Gasteiger charge is -2.26. The summed E-state index contributed by atoms with van der Waals surface area (Å²) in [5, 5.41) is 4.33. The van der Waals surface area contributed by atoms with Crippen molar-refractivity contribution in [3.05, 3.63) is 132 Å². The predicted octanol–water partition coefficient (Wildman–Crippen LogP) is 6.25. The maximum atomic E-state index is 13.5. The van der Waals surface area contributed by atoms with Crippen molar-refractivity contribution in [1.29, 1.82) is 0 Å². The highest BCUT2D eigenvalue weighted by Crippen LogP contribution is 2.39. The highest BCUT2D eigenvalue weighted by Gasteiger charge is 2.24. The summed E-state index contributed by atoms with van der Waals surface area (Å²) in [7, 11) is 1.66. The van der Waals surface area contributed by atoms with E-state index in [1.807, 2.05) is 48.5 Å². The third-order valence-electron chi connectivity index (χ3n) is 8.46. The molecule has 2 heterocycles. The van der Waals surface area contributed by atoms with Gasteiger partial charge in [0.25, 0.3) is 0 Å². The van der Waals surface area contributed by atoms with Crippen molar-refractivity contribution in [2.75, 3.05) is 46.5 Å². The largest absolute Gasteiger partial charge is 0.493 e. The van der Waals surface area contributed by atoms with Crippen LogP contribution >= 0.6 is 0 Å². The molecule has 1 N–H and O–H groups in total. The standard InChI is InChI=1S/C38H41N3O4/c1-43-37-24-31(16-17-36(37)45-28-30-12-6-3-7-13-30)33(25-38(42)39-18-19-40-20-22-44-23-21-40)34-27-41(26-29-10-4-2-5-11-29)35-15-9-8-14-32(34)35/h2-17,24,27,33H,18-23,25-26,28H2,1H3,(H,39,42)/t33-/m1/s1. The van der Waals surface area contributed by atoms with Gasteiger partial charge in [-0.1, -0.05) is 84.9 Å². The summed E-state index contributed by atoms with van der Waals surface area (Å²) in [6.45, 7) is 5.91. The number of morpholine rings is 1. The van der Waals surface area contributed by atoms with Crippen molar-refractivity contribution in [2.24, 2.45) is 0 Å². The number of para-hydroxylation sites is 1. The minimum atomic E-state index is -0.188. The van der Waals surface area contributed by atoms with Gasteiger partial charge < -0.3 is 24.1 Å². The van der Waals surface area contributed by atoms with Gasteiger partial charge in [-0.15, -0.1) is 0 Å². The molecule has 45 heavy (non-hydrogen) atoms. The molecular weight excluding hydrogens is 562 g/mol. The monoisotopic (exact) mass is 603 g/mol. The number of carbonyl (C=O) groups is 1. The number of ether oxygens (including phenoxy) is 3. The SMILES string of the molecule is COc1cc([C@@H](CC(=O)NCCN2CCOCC2)c2cn(Cc3ccccc3)c3ccccc23)ccc1OCc1ccccc1. The molecular formula is C38H41N3O4. The van der Waals surface area contributed by atoms with E-state index in [0.29, 0.717) is 31.1 Å². The van der Waals surface area contributed by atoms with Gasteiger partial charge in [-0.3, -0.25) is 9.69 Å². The minimum Gasteiger partial charge on any atom is -0.493 e. The smallest absolute Gasteiger partial charge is 0.220 e. The molecule has 0 bridgehead atoms. The first-order valence-corrected chi connectivity index (χ1v) is 15.7. The van der Waals surface area contributed by atoms with Crippen molar-refractivity contribution in [1.82, 2.24) is 14.8 Å². The maximum absolute atomic E-state index is 13.5. The van der Waals surface area contributed by atoms with Gasteiger partial charge in [0.1, 0.15) is 6.61 Å². The Morgan fingerprint density at radius 1 is 0.867 bits per heavy atom. The van der Waals surface area contributed by atoms with E-state index in [9.17, 15) is 4.79 Å². The zero-order valence-corrected chi connectivity index (χ0v) is 25.9. The molecule has 0 saturated carbocycles. The van der Waals surface area contributed by atoms with Crippen molar-refractivity contribution in [3.63, 3.8) is 0 Å². The lowest BCUT2D eigenvalue weighted by atomic mass is 9.87. The Morgan fingerprint density at radius 3 is 2.33 bits per heavy atom. The molecule has 232 valence electrons. The zero-order chi connectivity index (χ0) is 30.8. The van der Waals surface area contributed by atoms with E-state index in [1.165, 1.54) is 5.56 Å².